The molecular formula is C14H19ClN2O2. The van der Waals surface area contributed by atoms with Crippen LogP contribution in [-0.2, 0) is 11.2 Å². The van der Waals surface area contributed by atoms with E-state index in [9.17, 15) is 4.79 Å². The van der Waals surface area contributed by atoms with Gasteiger partial charge >= 0.3 is 0 Å². The lowest BCUT2D eigenvalue weighted by Gasteiger charge is -2.24. The van der Waals surface area contributed by atoms with Crippen LogP contribution in [0.4, 0.5) is 0 Å². The Morgan fingerprint density at radius 1 is 1.58 bits per heavy atom. The zero-order chi connectivity index (χ0) is 13.7. The highest BCUT2D eigenvalue weighted by molar-refractivity contribution is 6.30. The molecule has 1 heterocycles. The zero-order valence-corrected chi connectivity index (χ0v) is 11.8. The van der Waals surface area contributed by atoms with Gasteiger partial charge in [0.1, 0.15) is 5.75 Å². The first-order chi connectivity index (χ1) is 9.19. The van der Waals surface area contributed by atoms with E-state index in [1.807, 2.05) is 0 Å². The zero-order valence-electron chi connectivity index (χ0n) is 11.0. The number of nitrogens with one attached hydrogen (secondary N) is 2. The van der Waals surface area contributed by atoms with Gasteiger partial charge in [0.2, 0.25) is 5.91 Å². The Morgan fingerprint density at radius 2 is 2.42 bits per heavy atom. The summed E-state index contributed by atoms with van der Waals surface area (Å²) >= 11 is 5.95. The molecule has 0 unspecified atom stereocenters. The van der Waals surface area contributed by atoms with E-state index < -0.39 is 0 Å². The highest BCUT2D eigenvalue weighted by atomic mass is 35.5. The van der Waals surface area contributed by atoms with Crippen LogP contribution < -0.4 is 15.4 Å². The first kappa shape index (κ1) is 14.2. The van der Waals surface area contributed by atoms with Crippen molar-refractivity contribution in [2.45, 2.75) is 25.3 Å². The fraction of sp³-hybridized carbons (Fsp3) is 0.500. The Labute approximate surface area is 118 Å². The van der Waals surface area contributed by atoms with Crippen LogP contribution in [0, 0.1) is 0 Å². The maximum Gasteiger partial charge on any atom is 0.224 e. The van der Waals surface area contributed by atoms with Crippen LogP contribution in [0.25, 0.3) is 0 Å². The van der Waals surface area contributed by atoms with Crippen molar-refractivity contribution in [3.05, 3.63) is 28.8 Å². The van der Waals surface area contributed by atoms with E-state index in [-0.39, 0.29) is 11.9 Å². The minimum absolute atomic E-state index is 0.00858. The van der Waals surface area contributed by atoms with E-state index in [0.717, 1.165) is 31.5 Å². The van der Waals surface area contributed by atoms with Gasteiger partial charge in [0, 0.05) is 23.2 Å². The van der Waals surface area contributed by atoms with Crippen molar-refractivity contribution in [3.8, 4) is 5.75 Å². The molecule has 4 nitrogen and oxygen atoms in total. The van der Waals surface area contributed by atoms with Crippen LogP contribution in [0.3, 0.4) is 0 Å². The minimum atomic E-state index is 0.00858. The maximum atomic E-state index is 12.0. The molecule has 0 aromatic heterocycles. The van der Waals surface area contributed by atoms with Gasteiger partial charge in [0.15, 0.2) is 0 Å². The number of carbonyl (C=O) groups is 1. The van der Waals surface area contributed by atoms with Crippen LogP contribution in [-0.4, -0.2) is 32.1 Å². The number of carbonyl (C=O) groups excluding carboxylic acids is 1. The minimum Gasteiger partial charge on any atom is -0.496 e. The second-order valence-electron chi connectivity index (χ2n) is 4.74. The predicted octanol–water partition coefficient (Wildman–Crippen LogP) is 1.76. The lowest BCUT2D eigenvalue weighted by atomic mass is 10.1. The summed E-state index contributed by atoms with van der Waals surface area (Å²) in [6.45, 7) is 1.88. The average molecular weight is 283 g/mol. The number of methoxy groups -OCH3 is 1. The third kappa shape index (κ3) is 4.11. The quantitative estimate of drug-likeness (QED) is 0.885. The first-order valence-corrected chi connectivity index (χ1v) is 6.89. The number of rotatable bonds is 4. The van der Waals surface area contributed by atoms with E-state index in [1.54, 1.807) is 25.3 Å². The summed E-state index contributed by atoms with van der Waals surface area (Å²) in [7, 11) is 1.59. The van der Waals surface area contributed by atoms with Crippen molar-refractivity contribution >= 4 is 17.5 Å². The molecule has 2 rings (SSSR count). The largest absolute Gasteiger partial charge is 0.496 e. The highest BCUT2D eigenvalue weighted by Gasteiger charge is 2.16. The molecule has 104 valence electrons. The van der Waals surface area contributed by atoms with Gasteiger partial charge in [0.05, 0.1) is 13.5 Å². The number of hydrogen-bond acceptors (Lipinski definition) is 3. The van der Waals surface area contributed by atoms with Crippen molar-refractivity contribution in [1.29, 1.82) is 0 Å². The molecule has 1 amide bonds. The summed E-state index contributed by atoms with van der Waals surface area (Å²) in [5.74, 6) is 0.704. The number of piperidine rings is 1. The Kier molecular flexibility index (Phi) is 5.05. The molecule has 0 saturated carbocycles. The molecule has 1 aliphatic heterocycles. The molecule has 1 aromatic rings. The lowest BCUT2D eigenvalue weighted by Crippen LogP contribution is -2.46. The van der Waals surface area contributed by atoms with Crippen LogP contribution in [0.2, 0.25) is 5.02 Å². The van der Waals surface area contributed by atoms with Gasteiger partial charge in [-0.25, -0.2) is 0 Å². The summed E-state index contributed by atoms with van der Waals surface area (Å²) in [5, 5.41) is 6.93. The molecule has 1 saturated heterocycles. The Balaban J connectivity index is 1.95. The topological polar surface area (TPSA) is 50.4 Å². The number of amides is 1. The summed E-state index contributed by atoms with van der Waals surface area (Å²) in [6.07, 6.45) is 2.43. The van der Waals surface area contributed by atoms with E-state index in [4.69, 9.17) is 16.3 Å². The maximum absolute atomic E-state index is 12.0. The van der Waals surface area contributed by atoms with Crippen LogP contribution >= 0.6 is 11.6 Å². The molecule has 0 aliphatic carbocycles. The molecule has 2 N–H and O–H groups in total. The lowest BCUT2D eigenvalue weighted by molar-refractivity contribution is -0.121. The van der Waals surface area contributed by atoms with Crippen molar-refractivity contribution in [2.75, 3.05) is 20.2 Å². The molecule has 0 radical (unpaired) electrons. The van der Waals surface area contributed by atoms with E-state index in [1.165, 1.54) is 0 Å². The predicted molar refractivity (Wildman–Crippen MR) is 75.7 cm³/mol. The fourth-order valence-corrected chi connectivity index (χ4v) is 2.51. The number of ether oxygens (including phenoxy) is 1. The smallest absolute Gasteiger partial charge is 0.224 e. The fourth-order valence-electron chi connectivity index (χ4n) is 2.31. The van der Waals surface area contributed by atoms with Gasteiger partial charge in [-0.05, 0) is 37.6 Å². The molecule has 1 aliphatic rings. The van der Waals surface area contributed by atoms with Crippen molar-refractivity contribution in [2.24, 2.45) is 0 Å². The monoisotopic (exact) mass is 282 g/mol. The third-order valence-electron chi connectivity index (χ3n) is 3.26. The Hall–Kier alpha value is -1.26. The highest BCUT2D eigenvalue weighted by Crippen LogP contribution is 2.23. The molecule has 5 heteroatoms. The number of hydrogen-bond donors (Lipinski definition) is 2. The van der Waals surface area contributed by atoms with Crippen LogP contribution in [0.5, 0.6) is 5.75 Å². The molecule has 0 spiro atoms. The van der Waals surface area contributed by atoms with Gasteiger partial charge in [-0.1, -0.05) is 11.6 Å². The second-order valence-corrected chi connectivity index (χ2v) is 5.18. The normalized spacial score (nSPS) is 18.9. The summed E-state index contributed by atoms with van der Waals surface area (Å²) in [6, 6.07) is 5.55. The van der Waals surface area contributed by atoms with Crippen molar-refractivity contribution in [1.82, 2.24) is 10.6 Å². The third-order valence-corrected chi connectivity index (χ3v) is 3.49. The summed E-state index contributed by atoms with van der Waals surface area (Å²) < 4.78 is 5.24. The average Bonchev–Trinajstić information content (AvgIpc) is 2.40. The summed E-state index contributed by atoms with van der Waals surface area (Å²) in [4.78, 5) is 12.0. The molecule has 1 aromatic carbocycles. The SMILES string of the molecule is COc1ccc(Cl)cc1CC(=O)N[C@H]1CCCNC1. The van der Waals surface area contributed by atoms with E-state index in [2.05, 4.69) is 10.6 Å². The van der Waals surface area contributed by atoms with Gasteiger partial charge in [-0.3, -0.25) is 4.79 Å². The van der Waals surface area contributed by atoms with Crippen LogP contribution in [0.15, 0.2) is 18.2 Å². The molecule has 1 fully saturated rings. The van der Waals surface area contributed by atoms with Gasteiger partial charge < -0.3 is 15.4 Å². The second kappa shape index (κ2) is 6.78. The van der Waals surface area contributed by atoms with Crippen LogP contribution in [0.1, 0.15) is 18.4 Å². The molecule has 1 atom stereocenters. The Morgan fingerprint density at radius 3 is 3.11 bits per heavy atom. The molecular weight excluding hydrogens is 264 g/mol. The van der Waals surface area contributed by atoms with Gasteiger partial charge in [-0.15, -0.1) is 0 Å². The van der Waals surface area contributed by atoms with Gasteiger partial charge in [0.25, 0.3) is 0 Å². The summed E-state index contributed by atoms with van der Waals surface area (Å²) in [5.41, 5.74) is 0.816. The molecule has 0 bridgehead atoms. The first-order valence-electron chi connectivity index (χ1n) is 6.51. The Bertz CT molecular complexity index is 445. The standard InChI is InChI=1S/C14H19ClN2O2/c1-19-13-5-4-11(15)7-10(13)8-14(18)17-12-3-2-6-16-9-12/h4-5,7,12,16H,2-3,6,8-9H2,1H3,(H,17,18)/t12-/m0/s1. The van der Waals surface area contributed by atoms with E-state index >= 15 is 0 Å². The van der Waals surface area contributed by atoms with E-state index in [0.29, 0.717) is 17.2 Å². The molecule has 19 heavy (non-hydrogen) atoms. The number of benzene rings is 1. The van der Waals surface area contributed by atoms with Crippen molar-refractivity contribution in [3.63, 3.8) is 0 Å². The van der Waals surface area contributed by atoms with Crippen molar-refractivity contribution < 1.29 is 9.53 Å². The number of halogens is 1. The van der Waals surface area contributed by atoms with Gasteiger partial charge in [-0.2, -0.15) is 0 Å².